The van der Waals surface area contributed by atoms with Crippen molar-refractivity contribution in [2.45, 2.75) is 51.1 Å². The van der Waals surface area contributed by atoms with E-state index in [2.05, 4.69) is 33.5 Å². The van der Waals surface area contributed by atoms with Gasteiger partial charge in [0.1, 0.15) is 11.5 Å². The molecule has 0 spiro atoms. The zero-order valence-electron chi connectivity index (χ0n) is 17.8. The Morgan fingerprint density at radius 3 is 2.97 bits per heavy atom. The van der Waals surface area contributed by atoms with Crippen LogP contribution in [-0.4, -0.2) is 54.7 Å². The fourth-order valence-electron chi connectivity index (χ4n) is 4.28. The fraction of sp³-hybridized carbons (Fsp3) is 0.455. The minimum atomic E-state index is -0.0186. The van der Waals surface area contributed by atoms with E-state index >= 15 is 0 Å². The minimum absolute atomic E-state index is 0.0186. The summed E-state index contributed by atoms with van der Waals surface area (Å²) in [5, 5.41) is 12.3. The van der Waals surface area contributed by atoms with Gasteiger partial charge in [0.2, 0.25) is 11.9 Å². The molecule has 2 fully saturated rings. The van der Waals surface area contributed by atoms with Crippen LogP contribution in [0.4, 0.5) is 17.5 Å². The summed E-state index contributed by atoms with van der Waals surface area (Å²) in [5.74, 6) is 1.89. The van der Waals surface area contributed by atoms with Gasteiger partial charge < -0.3 is 20.5 Å². The number of carbonyl (C=O) groups is 1. The van der Waals surface area contributed by atoms with Crippen molar-refractivity contribution in [1.82, 2.24) is 29.6 Å². The number of aryl methyl sites for hydroxylation is 1. The van der Waals surface area contributed by atoms with Crippen molar-refractivity contribution >= 4 is 34.4 Å². The average Bonchev–Trinajstić information content (AvgIpc) is 3.38. The number of likely N-dealkylation sites (tertiary alicyclic amines) is 1. The molecule has 9 nitrogen and oxygen atoms in total. The van der Waals surface area contributed by atoms with Gasteiger partial charge in [-0.05, 0) is 50.2 Å². The number of nitrogens with zero attached hydrogens (tertiary/aromatic N) is 5. The number of aromatic nitrogens is 5. The molecule has 2 aliphatic rings. The molecule has 1 aliphatic carbocycles. The van der Waals surface area contributed by atoms with E-state index in [-0.39, 0.29) is 11.9 Å². The van der Waals surface area contributed by atoms with Crippen molar-refractivity contribution in [1.29, 1.82) is 0 Å². The molecule has 3 aromatic heterocycles. The highest BCUT2D eigenvalue weighted by Gasteiger charge is 2.30. The second-order valence-corrected chi connectivity index (χ2v) is 8.32. The largest absolute Gasteiger partial charge is 0.365 e. The first kappa shape index (κ1) is 19.6. The van der Waals surface area contributed by atoms with Crippen LogP contribution >= 0.6 is 0 Å². The fourth-order valence-corrected chi connectivity index (χ4v) is 4.28. The number of hydrogen-bond acceptors (Lipinski definition) is 6. The smallest absolute Gasteiger partial charge is 0.246 e. The Bertz CT molecular complexity index is 1110. The summed E-state index contributed by atoms with van der Waals surface area (Å²) in [6, 6.07) is 0.133. The van der Waals surface area contributed by atoms with Gasteiger partial charge in [0.05, 0.1) is 17.3 Å². The van der Waals surface area contributed by atoms with E-state index in [9.17, 15) is 4.79 Å². The molecular weight excluding hydrogens is 392 g/mol. The standard InChI is InChI=1S/C22H28N8O/c1-3-18(31)29-9-5-6-15(12-29)25-21-19-17(14-7-8-14)11-23-20(19)27-22(28-21)26-16-10-24-30(4-2)13-16/h3,10-11,13-15H,1,4-9,12H2,2H3,(H3,23,25,26,27,28). The van der Waals surface area contributed by atoms with Crippen LogP contribution in [0.2, 0.25) is 0 Å². The number of hydrogen-bond donors (Lipinski definition) is 3. The van der Waals surface area contributed by atoms with Crippen LogP contribution in [0.1, 0.15) is 44.1 Å². The molecule has 5 rings (SSSR count). The van der Waals surface area contributed by atoms with E-state index in [1.165, 1.54) is 24.5 Å². The molecule has 31 heavy (non-hydrogen) atoms. The molecule has 9 heteroatoms. The number of aromatic amines is 1. The number of fused-ring (bicyclic) bond motifs is 1. The zero-order chi connectivity index (χ0) is 21.4. The third-order valence-corrected chi connectivity index (χ3v) is 6.04. The Labute approximate surface area is 180 Å². The molecule has 4 heterocycles. The van der Waals surface area contributed by atoms with Crippen molar-refractivity contribution in [2.24, 2.45) is 0 Å². The highest BCUT2D eigenvalue weighted by molar-refractivity contribution is 5.92. The Hall–Kier alpha value is -3.36. The highest BCUT2D eigenvalue weighted by atomic mass is 16.2. The molecule has 0 bridgehead atoms. The maximum atomic E-state index is 12.1. The summed E-state index contributed by atoms with van der Waals surface area (Å²) in [4.78, 5) is 26.8. The Balaban J connectivity index is 1.46. The normalized spacial score (nSPS) is 18.9. The van der Waals surface area contributed by atoms with Crippen LogP contribution in [0.25, 0.3) is 11.0 Å². The van der Waals surface area contributed by atoms with Gasteiger partial charge in [-0.1, -0.05) is 6.58 Å². The summed E-state index contributed by atoms with van der Waals surface area (Å²) in [6.07, 6.45) is 11.5. The number of piperidine rings is 1. The topological polar surface area (TPSA) is 104 Å². The molecule has 1 unspecified atom stereocenters. The first-order valence-electron chi connectivity index (χ1n) is 11.0. The van der Waals surface area contributed by atoms with E-state index in [1.54, 1.807) is 6.20 Å². The van der Waals surface area contributed by atoms with Crippen molar-refractivity contribution < 1.29 is 4.79 Å². The number of rotatable bonds is 7. The summed E-state index contributed by atoms with van der Waals surface area (Å²) >= 11 is 0. The molecule has 0 aromatic carbocycles. The lowest BCUT2D eigenvalue weighted by Gasteiger charge is -2.33. The predicted octanol–water partition coefficient (Wildman–Crippen LogP) is 3.38. The number of amides is 1. The lowest BCUT2D eigenvalue weighted by Crippen LogP contribution is -2.44. The maximum absolute atomic E-state index is 12.1. The molecular formula is C22H28N8O. The van der Waals surface area contributed by atoms with E-state index in [0.29, 0.717) is 18.4 Å². The molecule has 162 valence electrons. The predicted molar refractivity (Wildman–Crippen MR) is 120 cm³/mol. The molecule has 3 aromatic rings. The highest BCUT2D eigenvalue weighted by Crippen LogP contribution is 2.44. The van der Waals surface area contributed by atoms with Gasteiger partial charge >= 0.3 is 0 Å². The number of H-pyrrole nitrogens is 1. The summed E-state index contributed by atoms with van der Waals surface area (Å²) in [5.41, 5.74) is 2.94. The molecule has 1 saturated carbocycles. The van der Waals surface area contributed by atoms with Gasteiger partial charge in [-0.2, -0.15) is 15.1 Å². The zero-order valence-corrected chi connectivity index (χ0v) is 17.8. The quantitative estimate of drug-likeness (QED) is 0.506. The maximum Gasteiger partial charge on any atom is 0.246 e. The third-order valence-electron chi connectivity index (χ3n) is 6.04. The summed E-state index contributed by atoms with van der Waals surface area (Å²) < 4.78 is 1.85. The van der Waals surface area contributed by atoms with E-state index < -0.39 is 0 Å². The molecule has 1 saturated heterocycles. The van der Waals surface area contributed by atoms with Gasteiger partial charge in [0.15, 0.2) is 0 Å². The average molecular weight is 421 g/mol. The van der Waals surface area contributed by atoms with E-state index in [1.807, 2.05) is 22.7 Å². The second-order valence-electron chi connectivity index (χ2n) is 8.32. The van der Waals surface area contributed by atoms with E-state index in [4.69, 9.17) is 9.97 Å². The van der Waals surface area contributed by atoms with E-state index in [0.717, 1.165) is 48.5 Å². The number of anilines is 3. The molecule has 1 aliphatic heterocycles. The Morgan fingerprint density at radius 2 is 2.23 bits per heavy atom. The molecule has 1 amide bonds. The lowest BCUT2D eigenvalue weighted by molar-refractivity contribution is -0.127. The van der Waals surface area contributed by atoms with Crippen LogP contribution in [0, 0.1) is 0 Å². The number of nitrogens with one attached hydrogen (secondary N) is 3. The molecule has 1 atom stereocenters. The van der Waals surface area contributed by atoms with Crippen LogP contribution in [0.3, 0.4) is 0 Å². The Morgan fingerprint density at radius 1 is 1.35 bits per heavy atom. The van der Waals surface area contributed by atoms with Crippen molar-refractivity contribution in [3.05, 3.63) is 36.8 Å². The van der Waals surface area contributed by atoms with Crippen molar-refractivity contribution in [3.8, 4) is 0 Å². The molecule has 3 N–H and O–H groups in total. The SMILES string of the molecule is C=CC(=O)N1CCCC(Nc2nc(Nc3cnn(CC)c3)nc3[nH]cc(C4CC4)c23)C1. The third kappa shape index (κ3) is 3.99. The van der Waals surface area contributed by atoms with Gasteiger partial charge in [0.25, 0.3) is 0 Å². The first-order chi connectivity index (χ1) is 15.1. The summed E-state index contributed by atoms with van der Waals surface area (Å²) in [7, 11) is 0. The number of carbonyl (C=O) groups excluding carboxylic acids is 1. The van der Waals surface area contributed by atoms with Crippen LogP contribution < -0.4 is 10.6 Å². The minimum Gasteiger partial charge on any atom is -0.365 e. The lowest BCUT2D eigenvalue weighted by atomic mass is 10.0. The van der Waals surface area contributed by atoms with Crippen molar-refractivity contribution in [3.63, 3.8) is 0 Å². The van der Waals surface area contributed by atoms with Gasteiger partial charge in [-0.25, -0.2) is 0 Å². The Kier molecular flexibility index (Phi) is 5.09. The van der Waals surface area contributed by atoms with Gasteiger partial charge in [0, 0.05) is 38.1 Å². The van der Waals surface area contributed by atoms with Gasteiger partial charge in [-0.15, -0.1) is 0 Å². The molecule has 0 radical (unpaired) electrons. The first-order valence-corrected chi connectivity index (χ1v) is 11.0. The van der Waals surface area contributed by atoms with Crippen LogP contribution in [0.5, 0.6) is 0 Å². The summed E-state index contributed by atoms with van der Waals surface area (Å²) in [6.45, 7) is 7.89. The van der Waals surface area contributed by atoms with Crippen molar-refractivity contribution in [2.75, 3.05) is 23.7 Å². The monoisotopic (exact) mass is 420 g/mol. The van der Waals surface area contributed by atoms with Crippen LogP contribution in [0.15, 0.2) is 31.2 Å². The van der Waals surface area contributed by atoms with Crippen LogP contribution in [-0.2, 0) is 11.3 Å². The van der Waals surface area contributed by atoms with Gasteiger partial charge in [-0.3, -0.25) is 9.48 Å². The second kappa shape index (κ2) is 8.05.